The van der Waals surface area contributed by atoms with E-state index < -0.39 is 0 Å². The van der Waals surface area contributed by atoms with Gasteiger partial charge in [-0.05, 0) is 45.7 Å². The number of urea groups is 1. The quantitative estimate of drug-likeness (QED) is 0.757. The molecule has 0 unspecified atom stereocenters. The number of nitrogens with one attached hydrogen (secondary N) is 2. The highest BCUT2D eigenvalue weighted by atomic mass is 32.2. The second-order valence-electron chi connectivity index (χ2n) is 7.92. The van der Waals surface area contributed by atoms with Crippen molar-refractivity contribution >= 4 is 23.5 Å². The van der Waals surface area contributed by atoms with Crippen molar-refractivity contribution in [2.75, 3.05) is 25.0 Å². The average molecular weight is 392 g/mol. The van der Waals surface area contributed by atoms with Crippen LogP contribution in [0.25, 0.3) is 0 Å². The van der Waals surface area contributed by atoms with Gasteiger partial charge in [-0.3, -0.25) is 4.90 Å². The molecule has 2 N–H and O–H groups in total. The second kappa shape index (κ2) is 9.80. The lowest BCUT2D eigenvalue weighted by Gasteiger charge is -2.38. The zero-order valence-corrected chi connectivity index (χ0v) is 17.6. The number of anilines is 1. The third-order valence-corrected chi connectivity index (χ3v) is 6.77. The second-order valence-corrected chi connectivity index (χ2v) is 9.26. The molecule has 1 aromatic carbocycles. The number of thioether (sulfide) groups is 1. The maximum atomic E-state index is 12.4. The summed E-state index contributed by atoms with van der Waals surface area (Å²) in [5, 5.41) is 6.76. The number of hydrogen-bond acceptors (Lipinski definition) is 4. The van der Waals surface area contributed by atoms with E-state index in [4.69, 9.17) is 4.74 Å². The van der Waals surface area contributed by atoms with Gasteiger partial charge in [-0.25, -0.2) is 4.79 Å². The minimum Gasteiger partial charge on any atom is -0.373 e. The minimum atomic E-state index is -0.129. The molecule has 0 bridgehead atoms. The maximum absolute atomic E-state index is 12.4. The summed E-state index contributed by atoms with van der Waals surface area (Å²) in [6.45, 7) is 8.83. The molecule has 1 aliphatic heterocycles. The molecule has 1 aliphatic carbocycles. The number of carbonyl (C=O) groups excluding carboxylic acids is 1. The first-order valence-corrected chi connectivity index (χ1v) is 11.1. The van der Waals surface area contributed by atoms with E-state index in [9.17, 15) is 4.79 Å². The lowest BCUT2D eigenvalue weighted by atomic mass is 10.2. The molecule has 0 spiro atoms. The number of amides is 2. The molecule has 1 heterocycles. The van der Waals surface area contributed by atoms with Crippen molar-refractivity contribution in [3.63, 3.8) is 0 Å². The zero-order valence-electron chi connectivity index (χ0n) is 16.7. The van der Waals surface area contributed by atoms with Crippen LogP contribution < -0.4 is 10.6 Å². The highest BCUT2D eigenvalue weighted by molar-refractivity contribution is 8.00. The number of ether oxygens (including phenoxy) is 1. The Kier molecular flexibility index (Phi) is 7.44. The summed E-state index contributed by atoms with van der Waals surface area (Å²) >= 11 is 1.90. The number of para-hydroxylation sites is 1. The number of benzene rings is 1. The van der Waals surface area contributed by atoms with Gasteiger partial charge >= 0.3 is 6.03 Å². The predicted molar refractivity (Wildman–Crippen MR) is 113 cm³/mol. The Morgan fingerprint density at radius 2 is 1.89 bits per heavy atom. The first kappa shape index (κ1) is 20.5. The Morgan fingerprint density at radius 3 is 2.59 bits per heavy atom. The summed E-state index contributed by atoms with van der Waals surface area (Å²) in [6.07, 6.45) is 5.68. The summed E-state index contributed by atoms with van der Waals surface area (Å²) in [5.41, 5.74) is 0.910. The lowest BCUT2D eigenvalue weighted by Crippen LogP contribution is -2.52. The van der Waals surface area contributed by atoms with Crippen LogP contribution >= 0.6 is 11.8 Å². The molecule has 0 aromatic heterocycles. The molecule has 2 aliphatic rings. The number of hydrogen-bond donors (Lipinski definition) is 2. The predicted octanol–water partition coefficient (Wildman–Crippen LogP) is 4.34. The molecule has 150 valence electrons. The van der Waals surface area contributed by atoms with Gasteiger partial charge < -0.3 is 15.4 Å². The van der Waals surface area contributed by atoms with Gasteiger partial charge in [0.1, 0.15) is 0 Å². The summed E-state index contributed by atoms with van der Waals surface area (Å²) in [5.74, 6) is 0. The lowest BCUT2D eigenvalue weighted by molar-refractivity contribution is -0.0777. The van der Waals surface area contributed by atoms with Crippen molar-refractivity contribution < 1.29 is 9.53 Å². The Balaban J connectivity index is 1.49. The van der Waals surface area contributed by atoms with Crippen LogP contribution in [0.5, 0.6) is 0 Å². The normalized spacial score (nSPS) is 25.3. The van der Waals surface area contributed by atoms with E-state index in [2.05, 4.69) is 42.4 Å². The molecular weight excluding hydrogens is 358 g/mol. The van der Waals surface area contributed by atoms with Crippen molar-refractivity contribution in [2.24, 2.45) is 0 Å². The van der Waals surface area contributed by atoms with E-state index in [1.807, 2.05) is 30.0 Å². The van der Waals surface area contributed by atoms with Crippen LogP contribution in [-0.4, -0.2) is 54.1 Å². The summed E-state index contributed by atoms with van der Waals surface area (Å²) < 4.78 is 5.80. The standard InChI is InChI=1S/C21H33N3O2S/c1-15(24-13-16(2)26-17(3)14-24)12-22-21(25)23-19-10-6-7-11-20(19)27-18-8-4-5-9-18/h6-7,10-11,15-18H,4-5,8-9,12-14H2,1-3H3,(H2,22,23,25)/t15-,16-,17+/m1/s1. The third kappa shape index (κ3) is 6.13. The van der Waals surface area contributed by atoms with Gasteiger partial charge in [0.25, 0.3) is 0 Å². The zero-order chi connectivity index (χ0) is 19.2. The largest absolute Gasteiger partial charge is 0.373 e. The van der Waals surface area contributed by atoms with E-state index in [-0.39, 0.29) is 24.3 Å². The van der Waals surface area contributed by atoms with Gasteiger partial charge in [-0.1, -0.05) is 25.0 Å². The van der Waals surface area contributed by atoms with Crippen LogP contribution in [-0.2, 0) is 4.74 Å². The van der Waals surface area contributed by atoms with Gasteiger partial charge in [-0.15, -0.1) is 11.8 Å². The van der Waals surface area contributed by atoms with Crippen molar-refractivity contribution in [3.8, 4) is 0 Å². The van der Waals surface area contributed by atoms with E-state index in [1.54, 1.807) is 0 Å². The fraction of sp³-hybridized carbons (Fsp3) is 0.667. The Bertz CT molecular complexity index is 611. The number of carbonyl (C=O) groups is 1. The van der Waals surface area contributed by atoms with Gasteiger partial charge in [0.15, 0.2) is 0 Å². The molecule has 27 heavy (non-hydrogen) atoms. The van der Waals surface area contributed by atoms with E-state index >= 15 is 0 Å². The van der Waals surface area contributed by atoms with Crippen LogP contribution in [0.4, 0.5) is 10.5 Å². The monoisotopic (exact) mass is 391 g/mol. The Hall–Kier alpha value is -1.24. The summed E-state index contributed by atoms with van der Waals surface area (Å²) in [4.78, 5) is 16.0. The molecule has 0 radical (unpaired) electrons. The molecule has 2 fully saturated rings. The third-order valence-electron chi connectivity index (χ3n) is 5.36. The molecular formula is C21H33N3O2S. The fourth-order valence-corrected chi connectivity index (χ4v) is 5.30. The van der Waals surface area contributed by atoms with Crippen LogP contribution in [0.3, 0.4) is 0 Å². The van der Waals surface area contributed by atoms with E-state index in [0.717, 1.165) is 18.8 Å². The number of morpholine rings is 1. The molecule has 1 saturated carbocycles. The first-order valence-electron chi connectivity index (χ1n) is 10.2. The van der Waals surface area contributed by atoms with Crippen LogP contribution in [0.2, 0.25) is 0 Å². The fourth-order valence-electron chi connectivity index (χ4n) is 3.97. The maximum Gasteiger partial charge on any atom is 0.319 e. The Labute approximate surface area is 167 Å². The smallest absolute Gasteiger partial charge is 0.319 e. The SMILES string of the molecule is C[C@@H]1CN([C@H](C)CNC(=O)Nc2ccccc2SC2CCCC2)C[C@H](C)O1. The van der Waals surface area contributed by atoms with Gasteiger partial charge in [-0.2, -0.15) is 0 Å². The minimum absolute atomic E-state index is 0.129. The molecule has 1 saturated heterocycles. The Morgan fingerprint density at radius 1 is 1.22 bits per heavy atom. The van der Waals surface area contributed by atoms with Gasteiger partial charge in [0.05, 0.1) is 17.9 Å². The van der Waals surface area contributed by atoms with E-state index in [1.165, 1.54) is 30.6 Å². The highest BCUT2D eigenvalue weighted by Gasteiger charge is 2.26. The van der Waals surface area contributed by atoms with Gasteiger partial charge in [0, 0.05) is 35.8 Å². The van der Waals surface area contributed by atoms with Gasteiger partial charge in [0.2, 0.25) is 0 Å². The number of rotatable bonds is 6. The molecule has 3 rings (SSSR count). The first-order chi connectivity index (χ1) is 13.0. The van der Waals surface area contributed by atoms with Crippen LogP contribution in [0.15, 0.2) is 29.2 Å². The molecule has 5 nitrogen and oxygen atoms in total. The van der Waals surface area contributed by atoms with Crippen molar-refractivity contribution in [2.45, 2.75) is 74.8 Å². The van der Waals surface area contributed by atoms with Crippen molar-refractivity contribution in [3.05, 3.63) is 24.3 Å². The average Bonchev–Trinajstić information content (AvgIpc) is 3.13. The summed E-state index contributed by atoms with van der Waals surface area (Å²) in [6, 6.07) is 8.28. The summed E-state index contributed by atoms with van der Waals surface area (Å²) in [7, 11) is 0. The topological polar surface area (TPSA) is 53.6 Å². The highest BCUT2D eigenvalue weighted by Crippen LogP contribution is 2.37. The molecule has 3 atom stereocenters. The molecule has 6 heteroatoms. The number of nitrogens with zero attached hydrogens (tertiary/aromatic N) is 1. The van der Waals surface area contributed by atoms with Crippen molar-refractivity contribution in [1.29, 1.82) is 0 Å². The molecule has 1 aromatic rings. The van der Waals surface area contributed by atoms with Crippen LogP contribution in [0.1, 0.15) is 46.5 Å². The van der Waals surface area contributed by atoms with Crippen molar-refractivity contribution in [1.82, 2.24) is 10.2 Å². The van der Waals surface area contributed by atoms with E-state index in [0.29, 0.717) is 11.8 Å². The molecule has 2 amide bonds. The van der Waals surface area contributed by atoms with Crippen LogP contribution in [0, 0.1) is 0 Å².